The first-order chi connectivity index (χ1) is 12.9. The number of nitrogens with zero attached hydrogens (tertiary/aromatic N) is 3. The van der Waals surface area contributed by atoms with E-state index in [9.17, 15) is 19.1 Å². The number of carbonyl (C=O) groups is 2. The summed E-state index contributed by atoms with van der Waals surface area (Å²) in [7, 11) is 0. The van der Waals surface area contributed by atoms with Gasteiger partial charge in [-0.2, -0.15) is 5.10 Å². The topological polar surface area (TPSA) is 87.5 Å². The monoisotopic (exact) mass is 372 g/mol. The Labute approximate surface area is 155 Å². The molecular weight excluding hydrogens is 351 g/mol. The fraction of sp³-hybridized carbons (Fsp3) is 0.421. The van der Waals surface area contributed by atoms with Crippen molar-refractivity contribution >= 4 is 17.7 Å². The zero-order valence-electron chi connectivity index (χ0n) is 15.0. The third-order valence-corrected chi connectivity index (χ3v) is 5.92. The second-order valence-corrected chi connectivity index (χ2v) is 7.37. The highest BCUT2D eigenvalue weighted by Gasteiger charge is 2.55. The first kappa shape index (κ1) is 17.5. The van der Waals surface area contributed by atoms with Crippen LogP contribution in [0.5, 0.6) is 0 Å². The molecule has 1 saturated heterocycles. The smallest absolute Gasteiger partial charge is 0.321 e. The normalized spacial score (nSPS) is 24.1. The van der Waals surface area contributed by atoms with Crippen LogP contribution in [0.2, 0.25) is 0 Å². The number of carboxylic acid groups (broad SMARTS) is 1. The van der Waals surface area contributed by atoms with Crippen molar-refractivity contribution in [3.8, 4) is 5.69 Å². The molecule has 2 atom stereocenters. The summed E-state index contributed by atoms with van der Waals surface area (Å²) in [6.45, 7) is 2.41. The third-order valence-electron chi connectivity index (χ3n) is 5.92. The van der Waals surface area contributed by atoms with Gasteiger partial charge in [-0.25, -0.2) is 13.9 Å². The van der Waals surface area contributed by atoms with Crippen molar-refractivity contribution in [2.75, 3.05) is 18.4 Å². The minimum absolute atomic E-state index is 0.00276. The molecule has 0 bridgehead atoms. The van der Waals surface area contributed by atoms with Crippen LogP contribution in [0.25, 0.3) is 5.69 Å². The molecule has 2 amide bonds. The molecule has 4 rings (SSSR count). The van der Waals surface area contributed by atoms with Crippen LogP contribution in [0.4, 0.5) is 14.9 Å². The lowest BCUT2D eigenvalue weighted by molar-refractivity contribution is -0.149. The number of hydrogen-bond donors (Lipinski definition) is 2. The average Bonchev–Trinajstić information content (AvgIpc) is 3.29. The molecule has 1 aliphatic carbocycles. The molecule has 8 heteroatoms. The average molecular weight is 372 g/mol. The van der Waals surface area contributed by atoms with Gasteiger partial charge in [0.25, 0.3) is 0 Å². The van der Waals surface area contributed by atoms with E-state index >= 15 is 0 Å². The van der Waals surface area contributed by atoms with Gasteiger partial charge < -0.3 is 15.3 Å². The maximum absolute atomic E-state index is 14.0. The van der Waals surface area contributed by atoms with Gasteiger partial charge in [-0.05, 0) is 37.8 Å². The number of anilines is 1. The highest BCUT2D eigenvalue weighted by atomic mass is 19.1. The molecule has 1 saturated carbocycles. The molecule has 2 aliphatic rings. The lowest BCUT2D eigenvalue weighted by Crippen LogP contribution is -2.38. The van der Waals surface area contributed by atoms with Crippen LogP contribution < -0.4 is 5.32 Å². The van der Waals surface area contributed by atoms with Crippen LogP contribution in [0.15, 0.2) is 30.5 Å². The van der Waals surface area contributed by atoms with Crippen LogP contribution in [-0.2, 0) is 4.79 Å². The number of benzene rings is 1. The van der Waals surface area contributed by atoms with E-state index in [0.29, 0.717) is 30.0 Å². The van der Waals surface area contributed by atoms with Gasteiger partial charge in [0.05, 0.1) is 23.0 Å². The minimum Gasteiger partial charge on any atom is -0.481 e. The summed E-state index contributed by atoms with van der Waals surface area (Å²) >= 11 is 0. The highest BCUT2D eigenvalue weighted by Crippen LogP contribution is 2.48. The van der Waals surface area contributed by atoms with Crippen molar-refractivity contribution in [2.45, 2.75) is 26.2 Å². The van der Waals surface area contributed by atoms with Crippen LogP contribution in [0.1, 0.15) is 25.0 Å². The Bertz CT molecular complexity index is 912. The number of hydrogen-bond acceptors (Lipinski definition) is 3. The minimum atomic E-state index is -0.816. The number of rotatable bonds is 3. The first-order valence-electron chi connectivity index (χ1n) is 9.01. The zero-order chi connectivity index (χ0) is 19.2. The number of urea groups is 1. The second kappa shape index (κ2) is 6.37. The molecule has 2 aromatic rings. The molecule has 142 valence electrons. The number of fused-ring (bicyclic) bond motifs is 1. The van der Waals surface area contributed by atoms with Crippen molar-refractivity contribution in [3.63, 3.8) is 0 Å². The summed E-state index contributed by atoms with van der Waals surface area (Å²) in [5, 5.41) is 16.6. The van der Waals surface area contributed by atoms with Gasteiger partial charge in [0.2, 0.25) is 0 Å². The molecule has 1 aromatic heterocycles. The predicted octanol–water partition coefficient (Wildman–Crippen LogP) is 3.04. The van der Waals surface area contributed by atoms with Crippen molar-refractivity contribution in [1.82, 2.24) is 14.7 Å². The van der Waals surface area contributed by atoms with Crippen LogP contribution in [0, 0.1) is 24.1 Å². The summed E-state index contributed by atoms with van der Waals surface area (Å²) in [6, 6.07) is 5.93. The number of carboxylic acids is 1. The Balaban J connectivity index is 1.52. The van der Waals surface area contributed by atoms with Gasteiger partial charge in [0.1, 0.15) is 11.5 Å². The number of aromatic nitrogens is 2. The zero-order valence-corrected chi connectivity index (χ0v) is 15.0. The molecule has 2 heterocycles. The van der Waals surface area contributed by atoms with Crippen LogP contribution in [-0.4, -0.2) is 44.9 Å². The number of aliphatic carboxylic acids is 1. The van der Waals surface area contributed by atoms with Gasteiger partial charge in [-0.1, -0.05) is 18.6 Å². The lowest BCUT2D eigenvalue weighted by Gasteiger charge is -2.23. The Morgan fingerprint density at radius 3 is 2.85 bits per heavy atom. The molecule has 0 spiro atoms. The number of likely N-dealkylation sites (tertiary alicyclic amines) is 1. The number of halogens is 1. The maximum Gasteiger partial charge on any atom is 0.321 e. The largest absolute Gasteiger partial charge is 0.481 e. The van der Waals surface area contributed by atoms with E-state index in [1.807, 2.05) is 0 Å². The molecular formula is C19H21FN4O3. The van der Waals surface area contributed by atoms with E-state index < -0.39 is 17.2 Å². The number of amides is 2. The van der Waals surface area contributed by atoms with Crippen molar-refractivity contribution in [1.29, 1.82) is 0 Å². The quantitative estimate of drug-likeness (QED) is 0.867. The third kappa shape index (κ3) is 2.75. The second-order valence-electron chi connectivity index (χ2n) is 7.37. The fourth-order valence-corrected chi connectivity index (χ4v) is 4.39. The van der Waals surface area contributed by atoms with E-state index in [0.717, 1.165) is 12.8 Å². The van der Waals surface area contributed by atoms with Crippen molar-refractivity contribution in [3.05, 3.63) is 42.0 Å². The Morgan fingerprint density at radius 2 is 2.15 bits per heavy atom. The summed E-state index contributed by atoms with van der Waals surface area (Å²) < 4.78 is 15.4. The molecule has 1 aliphatic heterocycles. The predicted molar refractivity (Wildman–Crippen MR) is 96.3 cm³/mol. The van der Waals surface area contributed by atoms with Crippen molar-refractivity contribution in [2.24, 2.45) is 11.3 Å². The molecule has 0 unspecified atom stereocenters. The van der Waals surface area contributed by atoms with Gasteiger partial charge in [0, 0.05) is 13.1 Å². The molecule has 1 aromatic carbocycles. The molecule has 2 N–H and O–H groups in total. The van der Waals surface area contributed by atoms with Crippen molar-refractivity contribution < 1.29 is 19.1 Å². The fourth-order valence-electron chi connectivity index (χ4n) is 4.39. The summed E-state index contributed by atoms with van der Waals surface area (Å²) in [4.78, 5) is 26.0. The Morgan fingerprint density at radius 1 is 1.37 bits per heavy atom. The van der Waals surface area contributed by atoms with E-state index in [-0.39, 0.29) is 18.5 Å². The number of para-hydroxylation sites is 1. The SMILES string of the molecule is Cc1c(NC(=O)N2C[C@@H]3CCC[C@@]3(C(=O)O)C2)cnn1-c1ccccc1F. The van der Waals surface area contributed by atoms with Gasteiger partial charge in [-0.15, -0.1) is 0 Å². The summed E-state index contributed by atoms with van der Waals surface area (Å²) in [6.07, 6.45) is 3.81. The van der Waals surface area contributed by atoms with Gasteiger partial charge in [-0.3, -0.25) is 4.79 Å². The summed E-state index contributed by atoms with van der Waals surface area (Å²) in [5.41, 5.74) is 0.561. The molecule has 27 heavy (non-hydrogen) atoms. The standard InChI is InChI=1S/C19H21FN4O3/c1-12-15(9-21-24(12)16-7-3-2-6-14(16)20)22-18(27)23-10-13-5-4-8-19(13,11-23)17(25)26/h2-3,6-7,9,13H,4-5,8,10-11H2,1H3,(H,22,27)(H,25,26)/t13-,19+/m0/s1. The summed E-state index contributed by atoms with van der Waals surface area (Å²) in [5.74, 6) is -1.22. The van der Waals surface area contributed by atoms with E-state index in [2.05, 4.69) is 10.4 Å². The van der Waals surface area contributed by atoms with E-state index in [1.165, 1.54) is 16.9 Å². The first-order valence-corrected chi connectivity index (χ1v) is 9.01. The molecule has 2 fully saturated rings. The molecule has 0 radical (unpaired) electrons. The van der Waals surface area contributed by atoms with Crippen LogP contribution >= 0.6 is 0 Å². The van der Waals surface area contributed by atoms with E-state index in [1.54, 1.807) is 30.0 Å². The lowest BCUT2D eigenvalue weighted by atomic mass is 9.81. The Hall–Kier alpha value is -2.90. The highest BCUT2D eigenvalue weighted by molar-refractivity contribution is 5.91. The van der Waals surface area contributed by atoms with E-state index in [4.69, 9.17) is 0 Å². The number of carbonyl (C=O) groups excluding carboxylic acids is 1. The van der Waals surface area contributed by atoms with Crippen LogP contribution in [0.3, 0.4) is 0 Å². The molecule has 7 nitrogen and oxygen atoms in total. The van der Waals surface area contributed by atoms with Gasteiger partial charge in [0.15, 0.2) is 0 Å². The van der Waals surface area contributed by atoms with Gasteiger partial charge >= 0.3 is 12.0 Å². The maximum atomic E-state index is 14.0. The number of nitrogens with one attached hydrogen (secondary N) is 1. The Kier molecular flexibility index (Phi) is 4.13.